The first kappa shape index (κ1) is 23.6. The summed E-state index contributed by atoms with van der Waals surface area (Å²) >= 11 is 0. The predicted molar refractivity (Wildman–Crippen MR) is 141 cm³/mol. The summed E-state index contributed by atoms with van der Waals surface area (Å²) in [7, 11) is 3.43. The van der Waals surface area contributed by atoms with Gasteiger partial charge in [-0.05, 0) is 49.4 Å². The molecule has 3 aliphatic rings. The molecule has 1 aliphatic carbocycles. The predicted octanol–water partition coefficient (Wildman–Crippen LogP) is 3.35. The molecule has 5 heterocycles. The fourth-order valence-corrected chi connectivity index (χ4v) is 5.95. The summed E-state index contributed by atoms with van der Waals surface area (Å²) in [5, 5.41) is 4.42. The average molecular weight is 519 g/mol. The number of halogens is 1. The largest absolute Gasteiger partial charge is 0.481 e. The second-order valence-corrected chi connectivity index (χ2v) is 10.7. The van der Waals surface area contributed by atoms with E-state index in [1.165, 1.54) is 18.9 Å². The maximum Gasteiger partial charge on any atom is 0.254 e. The third-order valence-electron chi connectivity index (χ3n) is 8.14. The highest BCUT2D eigenvalue weighted by molar-refractivity contribution is 5.98. The molecule has 38 heavy (non-hydrogen) atoms. The second-order valence-electron chi connectivity index (χ2n) is 10.7. The van der Waals surface area contributed by atoms with Crippen LogP contribution in [-0.2, 0) is 18.3 Å². The van der Waals surface area contributed by atoms with Gasteiger partial charge in [-0.2, -0.15) is 4.98 Å². The molecular formula is C28H31FN6O3. The van der Waals surface area contributed by atoms with Crippen molar-refractivity contribution in [3.8, 4) is 17.4 Å². The van der Waals surface area contributed by atoms with Crippen molar-refractivity contribution in [2.45, 2.75) is 38.0 Å². The number of methoxy groups -OCH3 is 1. The van der Waals surface area contributed by atoms with E-state index in [1.807, 2.05) is 19.2 Å². The fourth-order valence-electron chi connectivity index (χ4n) is 5.95. The molecule has 2 saturated heterocycles. The van der Waals surface area contributed by atoms with Crippen LogP contribution >= 0.6 is 0 Å². The fraction of sp³-hybridized carbons (Fsp3) is 0.464. The maximum atomic E-state index is 15.6. The summed E-state index contributed by atoms with van der Waals surface area (Å²) in [4.78, 5) is 24.8. The van der Waals surface area contributed by atoms with E-state index in [2.05, 4.69) is 16.0 Å². The molecule has 0 radical (unpaired) electrons. The number of ether oxygens (including phenoxy) is 2. The summed E-state index contributed by atoms with van der Waals surface area (Å²) < 4.78 is 30.7. The molecule has 198 valence electrons. The Bertz CT molecular complexity index is 1560. The minimum atomic E-state index is -0.453. The summed E-state index contributed by atoms with van der Waals surface area (Å²) in [5.41, 5.74) is 2.88. The molecule has 2 aliphatic heterocycles. The van der Waals surface area contributed by atoms with Crippen LogP contribution in [0.5, 0.6) is 5.88 Å². The van der Waals surface area contributed by atoms with Crippen LogP contribution in [0.3, 0.4) is 0 Å². The lowest BCUT2D eigenvalue weighted by Gasteiger charge is -2.41. The van der Waals surface area contributed by atoms with E-state index in [-0.39, 0.29) is 18.1 Å². The van der Waals surface area contributed by atoms with E-state index in [0.717, 1.165) is 36.2 Å². The third-order valence-corrected chi connectivity index (χ3v) is 8.14. The number of pyridine rings is 1. The first-order chi connectivity index (χ1) is 18.5. The standard InChI is InChI=1S/C28H31FN6O3/c1-33-25-19(29)11-18(28(36)34-9-7-23-21(15-34)30-8-10-38-23)12-20(25)31-27(33)22-13-17-5-6-24(37-2)32-26(17)35(22)14-16-3-4-16/h5-6,11-13,16,21,23,30H,3-4,7-10,14-15H2,1-2H3/t21-,23+/m0/s1. The van der Waals surface area contributed by atoms with Crippen LogP contribution in [0.1, 0.15) is 29.6 Å². The molecule has 0 spiro atoms. The average Bonchev–Trinajstić information content (AvgIpc) is 3.61. The molecule has 1 N–H and O–H groups in total. The van der Waals surface area contributed by atoms with E-state index in [4.69, 9.17) is 19.4 Å². The van der Waals surface area contributed by atoms with Gasteiger partial charge in [0.1, 0.15) is 17.0 Å². The van der Waals surface area contributed by atoms with Crippen molar-refractivity contribution < 1.29 is 18.7 Å². The monoisotopic (exact) mass is 518 g/mol. The number of hydrogen-bond donors (Lipinski definition) is 1. The van der Waals surface area contributed by atoms with E-state index in [9.17, 15) is 4.79 Å². The van der Waals surface area contributed by atoms with Crippen molar-refractivity contribution in [1.82, 2.24) is 29.3 Å². The lowest BCUT2D eigenvalue weighted by atomic mass is 9.99. The number of aryl methyl sites for hydroxylation is 1. The van der Waals surface area contributed by atoms with Crippen LogP contribution in [0.25, 0.3) is 33.6 Å². The van der Waals surface area contributed by atoms with Gasteiger partial charge in [0, 0.05) is 50.2 Å². The normalized spacial score (nSPS) is 21.7. The van der Waals surface area contributed by atoms with Crippen LogP contribution < -0.4 is 10.1 Å². The van der Waals surface area contributed by atoms with Crippen molar-refractivity contribution in [3.63, 3.8) is 0 Å². The number of benzene rings is 1. The number of carbonyl (C=O) groups is 1. The van der Waals surface area contributed by atoms with Gasteiger partial charge >= 0.3 is 0 Å². The zero-order valence-electron chi connectivity index (χ0n) is 21.6. The Kier molecular flexibility index (Phi) is 5.63. The van der Waals surface area contributed by atoms with Gasteiger partial charge in [0.15, 0.2) is 5.82 Å². The minimum Gasteiger partial charge on any atom is -0.481 e. The van der Waals surface area contributed by atoms with Gasteiger partial charge in [-0.15, -0.1) is 0 Å². The molecule has 2 atom stereocenters. The summed E-state index contributed by atoms with van der Waals surface area (Å²) in [6.45, 7) is 3.44. The Balaban J connectivity index is 1.27. The zero-order valence-corrected chi connectivity index (χ0v) is 21.6. The number of nitrogens with zero attached hydrogens (tertiary/aromatic N) is 5. The second kappa shape index (κ2) is 9.06. The van der Waals surface area contributed by atoms with Crippen LogP contribution in [-0.4, -0.2) is 75.4 Å². The number of morpholine rings is 1. The molecule has 0 unspecified atom stereocenters. The van der Waals surface area contributed by atoms with E-state index in [1.54, 1.807) is 22.6 Å². The summed E-state index contributed by atoms with van der Waals surface area (Å²) in [6, 6.07) is 9.06. The Labute approximate surface area is 219 Å². The molecule has 7 rings (SSSR count). The Hall–Kier alpha value is -3.50. The van der Waals surface area contributed by atoms with E-state index >= 15 is 4.39 Å². The van der Waals surface area contributed by atoms with Crippen molar-refractivity contribution in [1.29, 1.82) is 0 Å². The van der Waals surface area contributed by atoms with E-state index < -0.39 is 5.82 Å². The number of imidazole rings is 1. The van der Waals surface area contributed by atoms with Gasteiger partial charge in [-0.3, -0.25) is 4.79 Å². The Morgan fingerprint density at radius 3 is 2.89 bits per heavy atom. The highest BCUT2D eigenvalue weighted by Gasteiger charge is 2.34. The van der Waals surface area contributed by atoms with Gasteiger partial charge in [0.25, 0.3) is 5.91 Å². The zero-order chi connectivity index (χ0) is 26.0. The lowest BCUT2D eigenvalue weighted by molar-refractivity contribution is -0.0383. The Morgan fingerprint density at radius 2 is 2.08 bits per heavy atom. The molecule has 1 aromatic carbocycles. The molecule has 3 aromatic heterocycles. The van der Waals surface area contributed by atoms with Gasteiger partial charge in [-0.25, -0.2) is 9.37 Å². The molecular weight excluding hydrogens is 487 g/mol. The van der Waals surface area contributed by atoms with Gasteiger partial charge in [-0.1, -0.05) is 0 Å². The first-order valence-electron chi connectivity index (χ1n) is 13.3. The van der Waals surface area contributed by atoms with E-state index in [0.29, 0.717) is 53.9 Å². The number of likely N-dealkylation sites (tertiary alicyclic amines) is 1. The van der Waals surface area contributed by atoms with Crippen LogP contribution in [0, 0.1) is 11.7 Å². The minimum absolute atomic E-state index is 0.108. The molecule has 4 aromatic rings. The number of amides is 1. The number of fused-ring (bicyclic) bond motifs is 3. The first-order valence-corrected chi connectivity index (χ1v) is 13.3. The molecule has 10 heteroatoms. The van der Waals surface area contributed by atoms with Crippen molar-refractivity contribution in [2.24, 2.45) is 13.0 Å². The molecule has 0 bridgehead atoms. The smallest absolute Gasteiger partial charge is 0.254 e. The van der Waals surface area contributed by atoms with Gasteiger partial charge in [0.2, 0.25) is 5.88 Å². The number of carbonyl (C=O) groups excluding carboxylic acids is 1. The number of rotatable bonds is 5. The van der Waals surface area contributed by atoms with Crippen LogP contribution in [0.15, 0.2) is 30.3 Å². The van der Waals surface area contributed by atoms with Gasteiger partial charge < -0.3 is 28.8 Å². The lowest BCUT2D eigenvalue weighted by Crippen LogP contribution is -2.59. The highest BCUT2D eigenvalue weighted by atomic mass is 19.1. The topological polar surface area (TPSA) is 86.4 Å². The van der Waals surface area contributed by atoms with Crippen molar-refractivity contribution in [2.75, 3.05) is 33.4 Å². The number of hydrogen-bond acceptors (Lipinski definition) is 6. The summed E-state index contributed by atoms with van der Waals surface area (Å²) in [6.07, 6.45) is 3.27. The Morgan fingerprint density at radius 1 is 1.21 bits per heavy atom. The molecule has 9 nitrogen and oxygen atoms in total. The molecule has 3 fully saturated rings. The SMILES string of the molecule is COc1ccc2cc(-c3nc4cc(C(=O)N5CC[C@H]6OCCN[C@H]6C5)cc(F)c4n3C)n(CC3CC3)c2n1. The van der Waals surface area contributed by atoms with Crippen LogP contribution in [0.4, 0.5) is 4.39 Å². The maximum absolute atomic E-state index is 15.6. The van der Waals surface area contributed by atoms with Crippen LogP contribution in [0.2, 0.25) is 0 Å². The van der Waals surface area contributed by atoms with Gasteiger partial charge in [0.05, 0.1) is 37.1 Å². The molecule has 1 amide bonds. The quantitative estimate of drug-likeness (QED) is 0.436. The number of nitrogens with one attached hydrogen (secondary N) is 1. The summed E-state index contributed by atoms with van der Waals surface area (Å²) in [5.74, 6) is 1.16. The molecule has 1 saturated carbocycles. The highest BCUT2D eigenvalue weighted by Crippen LogP contribution is 2.37. The van der Waals surface area contributed by atoms with Crippen molar-refractivity contribution in [3.05, 3.63) is 41.7 Å². The number of aromatic nitrogens is 4. The number of piperidine rings is 1. The third kappa shape index (κ3) is 3.94. The van der Waals surface area contributed by atoms with Crippen molar-refractivity contribution >= 4 is 28.0 Å².